The van der Waals surface area contributed by atoms with Gasteiger partial charge in [0.25, 0.3) is 0 Å². The zero-order chi connectivity index (χ0) is 64.6. The molecule has 13 nitrogen and oxygen atoms in total. The predicted molar refractivity (Wildman–Crippen MR) is 351 cm³/mol. The molecule has 0 radical (unpaired) electrons. The summed E-state index contributed by atoms with van der Waals surface area (Å²) in [4.78, 5) is 54.3. The predicted octanol–water partition coefficient (Wildman–Crippen LogP) is 17.4. The van der Waals surface area contributed by atoms with Gasteiger partial charge in [0.15, 0.2) is 28.7 Å². The minimum atomic E-state index is -1.39. The van der Waals surface area contributed by atoms with Gasteiger partial charge in [0, 0.05) is 110 Å². The molecule has 2 aliphatic heterocycles. The van der Waals surface area contributed by atoms with E-state index in [-0.39, 0.29) is 12.0 Å². The van der Waals surface area contributed by atoms with Gasteiger partial charge in [0.05, 0.1) is 11.1 Å². The smallest absolute Gasteiger partial charge is 0.410 e. The number of anilines is 1. The van der Waals surface area contributed by atoms with E-state index in [0.717, 1.165) is 92.8 Å². The fraction of sp³-hybridized carbons (Fsp3) is 0.536. The van der Waals surface area contributed by atoms with Crippen molar-refractivity contribution in [3.8, 4) is 18.5 Å². The van der Waals surface area contributed by atoms with Crippen molar-refractivity contribution >= 4 is 52.1 Å². The Balaban J connectivity index is 0.000000644. The molecular weight excluding hydrogens is 1110 g/mol. The van der Waals surface area contributed by atoms with Crippen LogP contribution in [0, 0.1) is 56.0 Å². The Morgan fingerprint density at radius 1 is 0.837 bits per heavy atom. The first kappa shape index (κ1) is 73.4. The molecule has 3 aliphatic rings. The minimum absolute atomic E-state index is 0.0558. The highest BCUT2D eigenvalue weighted by Crippen LogP contribution is 2.59. The molecule has 1 aliphatic carbocycles. The maximum atomic E-state index is 13.8. The number of carbonyl (C=O) groups is 2. The highest BCUT2D eigenvalue weighted by molar-refractivity contribution is 6.30. The zero-order valence-corrected chi connectivity index (χ0v) is 55.5. The Labute approximate surface area is 518 Å². The molecule has 4 heterocycles. The van der Waals surface area contributed by atoms with Crippen LogP contribution in [0.25, 0.3) is 16.7 Å². The highest BCUT2D eigenvalue weighted by atomic mass is 35.5. The number of fused-ring (bicyclic) bond motifs is 1. The summed E-state index contributed by atoms with van der Waals surface area (Å²) in [5.74, 6) is -2.09. The van der Waals surface area contributed by atoms with Crippen LogP contribution in [-0.4, -0.2) is 116 Å². The fourth-order valence-electron chi connectivity index (χ4n) is 10.8. The molecule has 7 rings (SSSR count). The lowest BCUT2D eigenvalue weighted by Gasteiger charge is -2.40. The Bertz CT molecular complexity index is 3040. The molecule has 472 valence electrons. The third-order valence-corrected chi connectivity index (χ3v) is 16.3. The molecule has 4 aromatic rings. The molecular formula is C69H99ClF3N9O4. The van der Waals surface area contributed by atoms with Gasteiger partial charge in [-0.15, -0.1) is 12.8 Å². The molecule has 3 fully saturated rings. The molecule has 1 saturated carbocycles. The summed E-state index contributed by atoms with van der Waals surface area (Å²) in [7, 11) is 0. The van der Waals surface area contributed by atoms with Gasteiger partial charge in [-0.25, -0.2) is 32.7 Å². The topological polar surface area (TPSA) is 121 Å². The van der Waals surface area contributed by atoms with Crippen LogP contribution in [-0.2, 0) is 15.9 Å². The van der Waals surface area contributed by atoms with E-state index in [4.69, 9.17) is 31.1 Å². The summed E-state index contributed by atoms with van der Waals surface area (Å²) in [6, 6.07) is 7.84. The molecule has 0 N–H and O–H groups in total. The number of unbranched alkanes of at least 4 members (excludes halogenated alkanes) is 2. The normalized spacial score (nSPS) is 19.9. The average Bonchev–Trinajstić information content (AvgIpc) is 1.53. The van der Waals surface area contributed by atoms with Gasteiger partial charge in [0.1, 0.15) is 17.8 Å². The van der Waals surface area contributed by atoms with Crippen molar-refractivity contribution < 1.29 is 32.2 Å². The molecule has 2 amide bonds. The van der Waals surface area contributed by atoms with Crippen LogP contribution in [0.1, 0.15) is 165 Å². The molecule has 86 heavy (non-hydrogen) atoms. The van der Waals surface area contributed by atoms with Crippen molar-refractivity contribution in [2.45, 2.75) is 186 Å². The second kappa shape index (κ2) is 35.1. The number of hydrogen-bond donors (Lipinski definition) is 0. The Kier molecular flexibility index (Phi) is 29.9. The number of halogens is 4. The number of piperazine rings is 2. The van der Waals surface area contributed by atoms with Gasteiger partial charge in [0.2, 0.25) is 0 Å². The summed E-state index contributed by atoms with van der Waals surface area (Å²) in [6.45, 7) is 42.5. The van der Waals surface area contributed by atoms with Crippen LogP contribution in [0.4, 0.5) is 28.6 Å². The lowest BCUT2D eigenvalue weighted by molar-refractivity contribution is -0.0193. The van der Waals surface area contributed by atoms with Gasteiger partial charge in [-0.3, -0.25) is 9.98 Å². The van der Waals surface area contributed by atoms with E-state index >= 15 is 0 Å². The van der Waals surface area contributed by atoms with Crippen LogP contribution in [0.3, 0.4) is 0 Å². The number of terminal acetylenes is 1. The van der Waals surface area contributed by atoms with Crippen LogP contribution in [0.5, 0.6) is 0 Å². The van der Waals surface area contributed by atoms with Gasteiger partial charge in [-0.2, -0.15) is 0 Å². The van der Waals surface area contributed by atoms with Crippen molar-refractivity contribution in [2.24, 2.45) is 21.8 Å². The molecule has 0 spiro atoms. The third kappa shape index (κ3) is 18.6. The van der Waals surface area contributed by atoms with Gasteiger partial charge < -0.3 is 33.6 Å². The number of hydrogen-bond acceptors (Lipinski definition) is 10. The van der Waals surface area contributed by atoms with Gasteiger partial charge in [-0.05, 0) is 122 Å². The molecule has 4 unspecified atom stereocenters. The monoisotopic (exact) mass is 1210 g/mol. The number of amides is 2. The van der Waals surface area contributed by atoms with Crippen LogP contribution < -0.4 is 4.90 Å². The fourth-order valence-corrected chi connectivity index (χ4v) is 11.0. The standard InChI is InChI=1S/C47H62ClN9O4.C9H9F3.C8H18.C3H8.C2H2/c1-13-19-50-38(15-3)37(14-2)41(33(8)49-16-4)34(9)53-20-22-54(23-21-53)44(58)60-46(11)35(10)47(46,12)61-45(59)55-24-25-56(32(7)28-55)42-40-31(6)27-57(43(40)52-29-51-42)39-26-36(48)18-17-30(39)5;1-2-3-6-4-7(10)9(12)8(11)5-6;1-4-5-6-7-8(2)3;1-3-2;1-2/h13-14,16-19,26-27,29,32,35H,4,15,20-25,28H2,1-3,5-12H3;4-5H,2-3H2,1H3;8H,4-7H2,1-3H3;3H2,1-2H3;1-2H/b19-13-,37-14-,41-34-,49-33?,50-38-;;;;. The molecule has 2 aromatic carbocycles. The number of rotatable bonds is 17. The lowest BCUT2D eigenvalue weighted by Crippen LogP contribution is -2.55. The van der Waals surface area contributed by atoms with Gasteiger partial charge >= 0.3 is 12.2 Å². The van der Waals surface area contributed by atoms with E-state index in [1.54, 1.807) is 22.3 Å². The van der Waals surface area contributed by atoms with E-state index in [0.29, 0.717) is 62.8 Å². The number of benzene rings is 2. The largest absolute Gasteiger partial charge is 0.438 e. The maximum absolute atomic E-state index is 13.8. The van der Waals surface area contributed by atoms with Crippen molar-refractivity contribution in [3.63, 3.8) is 0 Å². The van der Waals surface area contributed by atoms with Crippen molar-refractivity contribution in [2.75, 3.05) is 50.7 Å². The Morgan fingerprint density at radius 2 is 1.42 bits per heavy atom. The van der Waals surface area contributed by atoms with Crippen LogP contribution in [0.2, 0.25) is 5.02 Å². The number of allylic oxidation sites excluding steroid dienone is 5. The van der Waals surface area contributed by atoms with Gasteiger partial charge in [-0.1, -0.05) is 130 Å². The Hall–Kier alpha value is -6.86. The second-order valence-electron chi connectivity index (χ2n) is 22.8. The number of aromatic nitrogens is 3. The van der Waals surface area contributed by atoms with E-state index in [1.807, 2.05) is 78.9 Å². The first-order valence-electron chi connectivity index (χ1n) is 30.6. The van der Waals surface area contributed by atoms with E-state index in [1.165, 1.54) is 32.1 Å². The first-order chi connectivity index (χ1) is 40.9. The molecule has 4 atom stereocenters. The molecule has 17 heteroatoms. The summed E-state index contributed by atoms with van der Waals surface area (Å²) < 4.78 is 52.0. The van der Waals surface area contributed by atoms with E-state index < -0.39 is 40.8 Å². The highest BCUT2D eigenvalue weighted by Gasteiger charge is 2.76. The molecule has 0 bridgehead atoms. The van der Waals surface area contributed by atoms with Crippen molar-refractivity contribution in [1.29, 1.82) is 0 Å². The van der Waals surface area contributed by atoms with Crippen LogP contribution >= 0.6 is 11.6 Å². The third-order valence-electron chi connectivity index (χ3n) is 16.1. The number of nitrogens with zero attached hydrogens (tertiary/aromatic N) is 9. The lowest BCUT2D eigenvalue weighted by atomic mass is 9.93. The molecule has 2 aromatic heterocycles. The number of carbonyl (C=O) groups excluding carboxylic acids is 2. The van der Waals surface area contributed by atoms with E-state index in [2.05, 4.69) is 125 Å². The first-order valence-corrected chi connectivity index (χ1v) is 31.0. The second-order valence-corrected chi connectivity index (χ2v) is 23.3. The van der Waals surface area contributed by atoms with Crippen LogP contribution in [0.15, 0.2) is 101 Å². The summed E-state index contributed by atoms with van der Waals surface area (Å²) >= 11 is 6.39. The SMILES string of the molecule is C#C.C=CN=C(C)C(/C(=C\C)C(/CC)=N\C=C/C)=C(\C)N1CCN(C(=O)OC2(C)C(C)C2(C)OC(=O)N2CCN(c3ncnc4c3c(C)cn4-c3cc(Cl)ccc3C)C(C)C2)CC1.CCC.CCCCCC(C)C.CCCc1cc(F)c(F)c(F)c1. The average molecular weight is 1210 g/mol. The minimum Gasteiger partial charge on any atom is -0.438 e. The number of ether oxygens (including phenoxy) is 2. The van der Waals surface area contributed by atoms with E-state index in [9.17, 15) is 22.8 Å². The summed E-state index contributed by atoms with van der Waals surface area (Å²) in [5.41, 5.74) is 7.35. The summed E-state index contributed by atoms with van der Waals surface area (Å²) in [6.07, 6.45) is 27.2. The molecule has 2 saturated heterocycles. The summed E-state index contributed by atoms with van der Waals surface area (Å²) in [5, 5.41) is 1.62. The van der Waals surface area contributed by atoms with Crippen molar-refractivity contribution in [1.82, 2.24) is 29.2 Å². The zero-order valence-electron chi connectivity index (χ0n) is 54.7. The quantitative estimate of drug-likeness (QED) is 0.0337. The Morgan fingerprint density at radius 3 is 1.94 bits per heavy atom. The number of aliphatic imine (C=N–C) groups is 2. The van der Waals surface area contributed by atoms with Crippen molar-refractivity contribution in [3.05, 3.63) is 130 Å². The maximum Gasteiger partial charge on any atom is 0.410 e. The number of aryl methyl sites for hydroxylation is 3.